The first kappa shape index (κ1) is 40.5. The molecule has 0 saturated carbocycles. The molecule has 3 aromatic carbocycles. The van der Waals surface area contributed by atoms with Crippen molar-refractivity contribution in [3.8, 4) is 5.75 Å². The Bertz CT molecular complexity index is 1540. The van der Waals surface area contributed by atoms with Crippen LogP contribution >= 0.6 is 0 Å². The molecule has 0 aromatic heterocycles. The second-order valence-electron chi connectivity index (χ2n) is 12.9. The zero-order valence-corrected chi connectivity index (χ0v) is 30.2. The van der Waals surface area contributed by atoms with Crippen LogP contribution in [0, 0.1) is 13.8 Å². The number of nitrogens with one attached hydrogen (secondary N) is 4. The standard InChI is InChI=1S/C40H55N5O6/c1-29-14-13-15-30(2)39(29)45-40(50)44-33-19-16-31(17-20-33)26-37(47)43-34-21-22-35(51-28-38(48)49)32(27-34)18-23-36(46)42-25-12-10-8-6-4-3-5-7-9-11-24-41/h13-17,19-22,27H,3-12,18,23-26,28,41H2,1-2H3,(H,42,46)(H,43,47)(H,48,49)(H2,44,45,50). The molecule has 3 aromatic rings. The molecule has 11 nitrogen and oxygen atoms in total. The Morgan fingerprint density at radius 2 is 1.31 bits per heavy atom. The van der Waals surface area contributed by atoms with Gasteiger partial charge >= 0.3 is 12.0 Å². The van der Waals surface area contributed by atoms with E-state index in [1.807, 2.05) is 32.0 Å². The number of aliphatic carboxylic acids is 1. The van der Waals surface area contributed by atoms with Gasteiger partial charge in [0.2, 0.25) is 11.8 Å². The van der Waals surface area contributed by atoms with E-state index < -0.39 is 12.6 Å². The highest BCUT2D eigenvalue weighted by Gasteiger charge is 2.13. The minimum atomic E-state index is -1.11. The Morgan fingerprint density at radius 3 is 1.94 bits per heavy atom. The first-order valence-corrected chi connectivity index (χ1v) is 18.1. The van der Waals surface area contributed by atoms with Crippen molar-refractivity contribution < 1.29 is 29.0 Å². The van der Waals surface area contributed by atoms with Crippen LogP contribution in [-0.4, -0.2) is 48.6 Å². The summed E-state index contributed by atoms with van der Waals surface area (Å²) >= 11 is 0. The van der Waals surface area contributed by atoms with Gasteiger partial charge < -0.3 is 36.8 Å². The Morgan fingerprint density at radius 1 is 0.706 bits per heavy atom. The number of urea groups is 1. The fourth-order valence-electron chi connectivity index (χ4n) is 5.76. The van der Waals surface area contributed by atoms with Gasteiger partial charge in [0.1, 0.15) is 5.75 Å². The predicted octanol–water partition coefficient (Wildman–Crippen LogP) is 7.50. The van der Waals surface area contributed by atoms with Crippen LogP contribution in [0.2, 0.25) is 0 Å². The number of unbranched alkanes of at least 4 members (excludes halogenated alkanes) is 9. The van der Waals surface area contributed by atoms with Crippen LogP contribution in [0.1, 0.15) is 92.9 Å². The van der Waals surface area contributed by atoms with E-state index in [1.54, 1.807) is 42.5 Å². The highest BCUT2D eigenvalue weighted by molar-refractivity contribution is 6.00. The predicted molar refractivity (Wildman–Crippen MR) is 203 cm³/mol. The molecule has 0 aliphatic rings. The van der Waals surface area contributed by atoms with E-state index in [0.29, 0.717) is 35.7 Å². The molecule has 0 atom stereocenters. The third-order valence-electron chi connectivity index (χ3n) is 8.57. The lowest BCUT2D eigenvalue weighted by Gasteiger charge is -2.14. The van der Waals surface area contributed by atoms with E-state index >= 15 is 0 Å². The Balaban J connectivity index is 1.43. The molecular formula is C40H55N5O6. The lowest BCUT2D eigenvalue weighted by Crippen LogP contribution is -2.24. The third-order valence-corrected chi connectivity index (χ3v) is 8.57. The topological polar surface area (TPSA) is 172 Å². The van der Waals surface area contributed by atoms with Crippen molar-refractivity contribution in [1.82, 2.24) is 5.32 Å². The molecule has 0 aliphatic carbocycles. The van der Waals surface area contributed by atoms with Crippen LogP contribution in [0.5, 0.6) is 5.75 Å². The smallest absolute Gasteiger partial charge is 0.341 e. The van der Waals surface area contributed by atoms with Gasteiger partial charge in [-0.15, -0.1) is 0 Å². The highest BCUT2D eigenvalue weighted by atomic mass is 16.5. The number of benzene rings is 3. The quantitative estimate of drug-likeness (QED) is 0.0556. The second-order valence-corrected chi connectivity index (χ2v) is 12.9. The third kappa shape index (κ3) is 16.1. The molecule has 11 heteroatoms. The molecular weight excluding hydrogens is 646 g/mol. The Labute approximate surface area is 302 Å². The van der Waals surface area contributed by atoms with E-state index in [-0.39, 0.29) is 30.7 Å². The van der Waals surface area contributed by atoms with Gasteiger partial charge in [0.05, 0.1) is 6.42 Å². The number of rotatable bonds is 23. The van der Waals surface area contributed by atoms with Crippen molar-refractivity contribution in [3.05, 3.63) is 82.9 Å². The Kier molecular flexibility index (Phi) is 18.1. The van der Waals surface area contributed by atoms with Gasteiger partial charge in [-0.25, -0.2) is 9.59 Å². The summed E-state index contributed by atoms with van der Waals surface area (Å²) < 4.78 is 5.46. The number of anilines is 3. The lowest BCUT2D eigenvalue weighted by atomic mass is 10.1. The fourth-order valence-corrected chi connectivity index (χ4v) is 5.76. The molecule has 0 saturated heterocycles. The number of carbonyl (C=O) groups is 4. The van der Waals surface area contributed by atoms with E-state index in [4.69, 9.17) is 15.6 Å². The van der Waals surface area contributed by atoms with Crippen molar-refractivity contribution in [2.45, 2.75) is 97.3 Å². The minimum Gasteiger partial charge on any atom is -0.482 e. The average Bonchev–Trinajstić information content (AvgIpc) is 3.09. The summed E-state index contributed by atoms with van der Waals surface area (Å²) in [6, 6.07) is 17.4. The van der Waals surface area contributed by atoms with Gasteiger partial charge in [-0.2, -0.15) is 0 Å². The van der Waals surface area contributed by atoms with E-state index in [1.165, 1.54) is 38.5 Å². The molecule has 0 fully saturated rings. The molecule has 0 heterocycles. The maximum Gasteiger partial charge on any atom is 0.341 e. The molecule has 4 amide bonds. The van der Waals surface area contributed by atoms with Gasteiger partial charge in [0.15, 0.2) is 6.61 Å². The number of para-hydroxylation sites is 1. The fraction of sp³-hybridized carbons (Fsp3) is 0.450. The summed E-state index contributed by atoms with van der Waals surface area (Å²) in [4.78, 5) is 49.2. The number of nitrogens with two attached hydrogens (primary N) is 1. The maximum atomic E-state index is 12.9. The van der Waals surface area contributed by atoms with Crippen LogP contribution in [0.3, 0.4) is 0 Å². The zero-order chi connectivity index (χ0) is 36.8. The molecule has 0 bridgehead atoms. The van der Waals surface area contributed by atoms with Crippen molar-refractivity contribution in [2.24, 2.45) is 5.73 Å². The van der Waals surface area contributed by atoms with Gasteiger partial charge in [0.25, 0.3) is 0 Å². The van der Waals surface area contributed by atoms with Gasteiger partial charge in [-0.05, 0) is 92.2 Å². The minimum absolute atomic E-state index is 0.0909. The number of carbonyl (C=O) groups excluding carboxylic acids is 3. The van der Waals surface area contributed by atoms with E-state index in [0.717, 1.165) is 54.6 Å². The van der Waals surface area contributed by atoms with Crippen LogP contribution in [-0.2, 0) is 27.2 Å². The van der Waals surface area contributed by atoms with E-state index in [2.05, 4.69) is 21.3 Å². The molecule has 0 aliphatic heterocycles. The molecule has 7 N–H and O–H groups in total. The molecule has 276 valence electrons. The van der Waals surface area contributed by atoms with Crippen molar-refractivity contribution >= 4 is 40.9 Å². The molecule has 3 rings (SSSR count). The highest BCUT2D eigenvalue weighted by Crippen LogP contribution is 2.25. The number of hydrogen-bond donors (Lipinski definition) is 6. The Hall–Kier alpha value is -4.90. The van der Waals surface area contributed by atoms with Crippen LogP contribution < -0.4 is 31.7 Å². The number of carboxylic acid groups (broad SMARTS) is 1. The van der Waals surface area contributed by atoms with Gasteiger partial charge in [0, 0.05) is 30.0 Å². The van der Waals surface area contributed by atoms with Gasteiger partial charge in [-0.1, -0.05) is 81.7 Å². The molecule has 0 spiro atoms. The van der Waals surface area contributed by atoms with Crippen molar-refractivity contribution in [1.29, 1.82) is 0 Å². The summed E-state index contributed by atoms with van der Waals surface area (Å²) in [6.07, 6.45) is 12.4. The van der Waals surface area contributed by atoms with Crippen LogP contribution in [0.4, 0.5) is 21.9 Å². The molecule has 0 radical (unpaired) electrons. The number of ether oxygens (including phenoxy) is 1. The van der Waals surface area contributed by atoms with Crippen molar-refractivity contribution in [3.63, 3.8) is 0 Å². The summed E-state index contributed by atoms with van der Waals surface area (Å²) in [7, 11) is 0. The summed E-state index contributed by atoms with van der Waals surface area (Å²) in [5.41, 5.74) is 10.7. The average molecular weight is 702 g/mol. The number of amides is 4. The normalized spacial score (nSPS) is 10.7. The first-order valence-electron chi connectivity index (χ1n) is 18.1. The van der Waals surface area contributed by atoms with Crippen molar-refractivity contribution in [2.75, 3.05) is 35.6 Å². The maximum absolute atomic E-state index is 12.9. The molecule has 0 unspecified atom stereocenters. The van der Waals surface area contributed by atoms with E-state index in [9.17, 15) is 19.2 Å². The number of carboxylic acids is 1. The first-order chi connectivity index (χ1) is 24.6. The second kappa shape index (κ2) is 22.7. The summed E-state index contributed by atoms with van der Waals surface area (Å²) in [5, 5.41) is 20.7. The zero-order valence-electron chi connectivity index (χ0n) is 30.2. The van der Waals surface area contributed by atoms with Gasteiger partial charge in [-0.3, -0.25) is 9.59 Å². The largest absolute Gasteiger partial charge is 0.482 e. The monoisotopic (exact) mass is 701 g/mol. The summed E-state index contributed by atoms with van der Waals surface area (Å²) in [6.45, 7) is 4.75. The lowest BCUT2D eigenvalue weighted by molar-refractivity contribution is -0.139. The SMILES string of the molecule is Cc1cccc(C)c1NC(=O)Nc1ccc(CC(=O)Nc2ccc(OCC(=O)O)c(CCC(=O)NCCCCCCCCCCCCN)c2)cc1. The number of hydrogen-bond acceptors (Lipinski definition) is 6. The summed E-state index contributed by atoms with van der Waals surface area (Å²) in [5.74, 6) is -1.10. The van der Waals surface area contributed by atoms with Crippen LogP contribution in [0.15, 0.2) is 60.7 Å². The van der Waals surface area contributed by atoms with Crippen LogP contribution in [0.25, 0.3) is 0 Å². The molecule has 51 heavy (non-hydrogen) atoms. The number of aryl methyl sites for hydroxylation is 3.